The summed E-state index contributed by atoms with van der Waals surface area (Å²) in [5.41, 5.74) is 3.61. The highest BCUT2D eigenvalue weighted by Crippen LogP contribution is 2.40. The molecular formula is C28H29N3O4. The normalized spacial score (nSPS) is 20.8. The number of Topliss-reactive ketones (excluding diaryl/α,β-unsaturated/α-hetero) is 1. The fourth-order valence-corrected chi connectivity index (χ4v) is 4.96. The number of aryl methyl sites for hydroxylation is 2. The van der Waals surface area contributed by atoms with Gasteiger partial charge in [0, 0.05) is 37.5 Å². The first-order valence-corrected chi connectivity index (χ1v) is 12.1. The molecule has 180 valence electrons. The zero-order valence-corrected chi connectivity index (χ0v) is 20.0. The number of aliphatic hydroxyl groups is 1. The summed E-state index contributed by atoms with van der Waals surface area (Å²) in [4.78, 5) is 32.1. The molecule has 2 aliphatic rings. The predicted molar refractivity (Wildman–Crippen MR) is 132 cm³/mol. The molecule has 1 amide bonds. The summed E-state index contributed by atoms with van der Waals surface area (Å²) in [5.74, 6) is -0.590. The van der Waals surface area contributed by atoms with Crippen molar-refractivity contribution in [1.82, 2.24) is 14.5 Å². The van der Waals surface area contributed by atoms with Crippen molar-refractivity contribution in [2.24, 2.45) is 0 Å². The van der Waals surface area contributed by atoms with Gasteiger partial charge in [-0.1, -0.05) is 31.2 Å². The van der Waals surface area contributed by atoms with Crippen LogP contribution in [0.15, 0.2) is 66.8 Å². The van der Waals surface area contributed by atoms with E-state index in [2.05, 4.69) is 11.9 Å². The minimum atomic E-state index is -0.653. The fourth-order valence-electron chi connectivity index (χ4n) is 4.96. The maximum absolute atomic E-state index is 13.3. The predicted octanol–water partition coefficient (Wildman–Crippen LogP) is 4.28. The summed E-state index contributed by atoms with van der Waals surface area (Å²) in [7, 11) is 0. The number of rotatable bonds is 7. The van der Waals surface area contributed by atoms with Crippen molar-refractivity contribution >= 4 is 17.4 Å². The number of ether oxygens (including phenoxy) is 1. The van der Waals surface area contributed by atoms with Crippen molar-refractivity contribution in [3.63, 3.8) is 0 Å². The Labute approximate surface area is 204 Å². The molecule has 35 heavy (non-hydrogen) atoms. The van der Waals surface area contributed by atoms with Crippen molar-refractivity contribution in [2.75, 3.05) is 6.54 Å². The fraction of sp³-hybridized carbons (Fsp3) is 0.321. The molecule has 5 rings (SSSR count). The van der Waals surface area contributed by atoms with Gasteiger partial charge in [-0.25, -0.2) is 4.98 Å². The lowest BCUT2D eigenvalue weighted by atomic mass is 9.93. The number of aliphatic hydroxyl groups excluding tert-OH is 1. The molecule has 3 heterocycles. The third-order valence-corrected chi connectivity index (χ3v) is 6.79. The molecule has 7 nitrogen and oxygen atoms in total. The average molecular weight is 472 g/mol. The van der Waals surface area contributed by atoms with Crippen LogP contribution >= 0.6 is 0 Å². The number of hydrogen-bond acceptors (Lipinski definition) is 5. The number of fused-ring (bicyclic) bond motifs is 1. The largest absolute Gasteiger partial charge is 0.507 e. The first kappa shape index (κ1) is 22.9. The van der Waals surface area contributed by atoms with E-state index >= 15 is 0 Å². The van der Waals surface area contributed by atoms with E-state index in [0.717, 1.165) is 29.7 Å². The average Bonchev–Trinajstić information content (AvgIpc) is 3.57. The van der Waals surface area contributed by atoms with Crippen LogP contribution in [0.5, 0.6) is 5.75 Å². The summed E-state index contributed by atoms with van der Waals surface area (Å²) in [6.07, 6.45) is 7.66. The van der Waals surface area contributed by atoms with Crippen molar-refractivity contribution in [3.05, 3.63) is 89.0 Å². The Morgan fingerprint density at radius 1 is 1.14 bits per heavy atom. The Bertz CT molecular complexity index is 1280. The molecule has 0 spiro atoms. The maximum Gasteiger partial charge on any atom is 0.295 e. The van der Waals surface area contributed by atoms with Crippen LogP contribution in [-0.2, 0) is 29.0 Å². The van der Waals surface area contributed by atoms with Gasteiger partial charge in [-0.05, 0) is 54.7 Å². The van der Waals surface area contributed by atoms with Gasteiger partial charge in [-0.15, -0.1) is 0 Å². The first-order chi connectivity index (χ1) is 17.0. The van der Waals surface area contributed by atoms with Crippen LogP contribution in [0.25, 0.3) is 5.76 Å². The Morgan fingerprint density at radius 2 is 1.94 bits per heavy atom. The van der Waals surface area contributed by atoms with Gasteiger partial charge in [0.05, 0.1) is 17.9 Å². The molecule has 7 heteroatoms. The molecule has 0 bridgehead atoms. The molecule has 0 radical (unpaired) electrons. The number of benzene rings is 2. The molecular weight excluding hydrogens is 442 g/mol. The Balaban J connectivity index is 1.53. The minimum absolute atomic E-state index is 0.0700. The lowest BCUT2D eigenvalue weighted by molar-refractivity contribution is -0.139. The van der Waals surface area contributed by atoms with E-state index in [4.69, 9.17) is 4.74 Å². The van der Waals surface area contributed by atoms with Crippen LogP contribution in [-0.4, -0.2) is 43.9 Å². The van der Waals surface area contributed by atoms with Crippen molar-refractivity contribution in [2.45, 2.75) is 51.8 Å². The summed E-state index contributed by atoms with van der Waals surface area (Å²) < 4.78 is 7.72. The summed E-state index contributed by atoms with van der Waals surface area (Å²) >= 11 is 0. The second kappa shape index (κ2) is 9.41. The zero-order chi connectivity index (χ0) is 24.5. The summed E-state index contributed by atoms with van der Waals surface area (Å²) in [6, 6.07) is 12.7. The SMILES string of the molecule is CCc1ccc([C@H]2/C(=C(\O)c3ccc4c(c3)C[C@H](C)O4)C(=O)C(=O)N2CCCn2ccnc2)cc1. The number of amides is 1. The number of carbonyl (C=O) groups excluding carboxylic acids is 2. The minimum Gasteiger partial charge on any atom is -0.507 e. The van der Waals surface area contributed by atoms with E-state index < -0.39 is 17.7 Å². The number of nitrogens with zero attached hydrogens (tertiary/aromatic N) is 3. The maximum atomic E-state index is 13.3. The van der Waals surface area contributed by atoms with Crippen LogP contribution in [0, 0.1) is 0 Å². The van der Waals surface area contributed by atoms with Crippen molar-refractivity contribution < 1.29 is 19.4 Å². The highest BCUT2D eigenvalue weighted by Gasteiger charge is 2.45. The van der Waals surface area contributed by atoms with Crippen LogP contribution < -0.4 is 4.74 Å². The zero-order valence-electron chi connectivity index (χ0n) is 20.0. The second-order valence-electron chi connectivity index (χ2n) is 9.20. The molecule has 0 saturated carbocycles. The number of imidazole rings is 1. The highest BCUT2D eigenvalue weighted by atomic mass is 16.5. The summed E-state index contributed by atoms with van der Waals surface area (Å²) in [6.45, 7) is 5.13. The second-order valence-corrected chi connectivity index (χ2v) is 9.20. The van der Waals surface area contributed by atoms with E-state index in [1.165, 1.54) is 5.56 Å². The Hall–Kier alpha value is -3.87. The monoisotopic (exact) mass is 471 g/mol. The molecule has 3 aromatic rings. The topological polar surface area (TPSA) is 84.7 Å². The van der Waals surface area contributed by atoms with E-state index in [0.29, 0.717) is 25.1 Å². The van der Waals surface area contributed by atoms with E-state index in [1.807, 2.05) is 54.1 Å². The van der Waals surface area contributed by atoms with Gasteiger partial charge >= 0.3 is 0 Å². The Kier molecular flexibility index (Phi) is 6.16. The lowest BCUT2D eigenvalue weighted by Gasteiger charge is -2.25. The number of carbonyl (C=O) groups is 2. The van der Waals surface area contributed by atoms with Gasteiger partial charge in [-0.2, -0.15) is 0 Å². The highest BCUT2D eigenvalue weighted by molar-refractivity contribution is 6.46. The van der Waals surface area contributed by atoms with Crippen LogP contribution in [0.2, 0.25) is 0 Å². The van der Waals surface area contributed by atoms with E-state index in [1.54, 1.807) is 23.5 Å². The number of hydrogen-bond donors (Lipinski definition) is 1. The molecule has 0 unspecified atom stereocenters. The molecule has 0 aliphatic carbocycles. The molecule has 2 aromatic carbocycles. The van der Waals surface area contributed by atoms with E-state index in [9.17, 15) is 14.7 Å². The molecule has 2 atom stereocenters. The van der Waals surface area contributed by atoms with Crippen molar-refractivity contribution in [1.29, 1.82) is 0 Å². The smallest absolute Gasteiger partial charge is 0.295 e. The number of ketones is 1. The van der Waals surface area contributed by atoms with Gasteiger partial charge in [-0.3, -0.25) is 9.59 Å². The Morgan fingerprint density at radius 3 is 2.66 bits per heavy atom. The molecule has 1 aromatic heterocycles. The van der Waals surface area contributed by atoms with Gasteiger partial charge in [0.15, 0.2) is 0 Å². The van der Waals surface area contributed by atoms with E-state index in [-0.39, 0.29) is 17.4 Å². The molecule has 1 N–H and O–H groups in total. The third-order valence-electron chi connectivity index (χ3n) is 6.79. The van der Waals surface area contributed by atoms with Gasteiger partial charge < -0.3 is 19.3 Å². The third kappa shape index (κ3) is 4.34. The van der Waals surface area contributed by atoms with Crippen LogP contribution in [0.3, 0.4) is 0 Å². The van der Waals surface area contributed by atoms with Crippen LogP contribution in [0.4, 0.5) is 0 Å². The lowest BCUT2D eigenvalue weighted by Crippen LogP contribution is -2.31. The van der Waals surface area contributed by atoms with Gasteiger partial charge in [0.2, 0.25) is 0 Å². The number of likely N-dealkylation sites (tertiary alicyclic amines) is 1. The van der Waals surface area contributed by atoms with Gasteiger partial charge in [0.25, 0.3) is 11.7 Å². The van der Waals surface area contributed by atoms with Gasteiger partial charge in [0.1, 0.15) is 17.6 Å². The van der Waals surface area contributed by atoms with Crippen LogP contribution in [0.1, 0.15) is 48.6 Å². The molecule has 1 fully saturated rings. The quantitative estimate of drug-likeness (QED) is 0.316. The summed E-state index contributed by atoms with van der Waals surface area (Å²) in [5, 5.41) is 11.4. The van der Waals surface area contributed by atoms with Crippen molar-refractivity contribution in [3.8, 4) is 5.75 Å². The standard InChI is InChI=1S/C28H29N3O4/c1-3-19-5-7-20(8-6-19)25-24(26(32)21-9-10-23-22(16-21)15-18(2)35-23)27(33)28(34)31(25)13-4-12-30-14-11-29-17-30/h5-11,14,16-18,25,32H,3-4,12-13,15H2,1-2H3/b26-24+/t18-,25-/m0/s1. The molecule has 1 saturated heterocycles. The molecule has 2 aliphatic heterocycles. The number of aromatic nitrogens is 2. The first-order valence-electron chi connectivity index (χ1n) is 12.1.